The third-order valence-electron chi connectivity index (χ3n) is 3.30. The number of nitrogens with one attached hydrogen (secondary N) is 1. The van der Waals surface area contributed by atoms with E-state index in [-0.39, 0.29) is 0 Å². The van der Waals surface area contributed by atoms with Crippen molar-refractivity contribution in [1.29, 1.82) is 0 Å². The van der Waals surface area contributed by atoms with E-state index < -0.39 is 0 Å². The summed E-state index contributed by atoms with van der Waals surface area (Å²) in [4.78, 5) is 0. The molecule has 0 saturated carbocycles. The fraction of sp³-hybridized carbons (Fsp3) is 0.0625. The van der Waals surface area contributed by atoms with Gasteiger partial charge in [-0.2, -0.15) is 5.10 Å². The fourth-order valence-corrected chi connectivity index (χ4v) is 3.14. The highest BCUT2D eigenvalue weighted by Crippen LogP contribution is 2.39. The number of nitrogens with two attached hydrogens (primary N) is 1. The quantitative estimate of drug-likeness (QED) is 0.617. The zero-order chi connectivity index (χ0) is 15.0. The second-order valence-electron chi connectivity index (χ2n) is 4.85. The Morgan fingerprint density at radius 1 is 1.10 bits per heavy atom. The molecule has 3 aromatic rings. The van der Waals surface area contributed by atoms with E-state index in [4.69, 9.17) is 5.73 Å². The van der Waals surface area contributed by atoms with E-state index in [9.17, 15) is 0 Å². The summed E-state index contributed by atoms with van der Waals surface area (Å²) in [7, 11) is 0. The molecule has 0 bridgehead atoms. The number of H-pyrrole nitrogens is 1. The van der Waals surface area contributed by atoms with Crippen molar-refractivity contribution in [2.45, 2.75) is 6.92 Å². The van der Waals surface area contributed by atoms with Gasteiger partial charge in [0.25, 0.3) is 0 Å². The molecule has 1 aromatic heterocycles. The van der Waals surface area contributed by atoms with Gasteiger partial charge in [-0.1, -0.05) is 61.7 Å². The summed E-state index contributed by atoms with van der Waals surface area (Å²) in [5, 5.41) is 7.24. The molecule has 0 aliphatic carbocycles. The van der Waals surface area contributed by atoms with Crippen LogP contribution in [-0.4, -0.2) is 10.2 Å². The molecule has 5 heteroatoms. The Balaban J connectivity index is 2.24. The third kappa shape index (κ3) is 2.76. The van der Waals surface area contributed by atoms with Crippen LogP contribution < -0.4 is 5.73 Å². The van der Waals surface area contributed by atoms with E-state index in [1.165, 1.54) is 5.56 Å². The highest BCUT2D eigenvalue weighted by molar-refractivity contribution is 9.11. The number of hydrogen-bond acceptors (Lipinski definition) is 2. The molecule has 0 saturated heterocycles. The lowest BCUT2D eigenvalue weighted by molar-refractivity contribution is 1.10. The SMILES string of the molecule is Cc1cccc(-c2c(N)n[nH]c2-c2cc(Br)ccc2Br)c1. The summed E-state index contributed by atoms with van der Waals surface area (Å²) in [6.45, 7) is 2.06. The molecule has 2 aromatic carbocycles. The Bertz CT molecular complexity index is 809. The zero-order valence-corrected chi connectivity index (χ0v) is 14.5. The van der Waals surface area contributed by atoms with Crippen molar-refractivity contribution >= 4 is 37.7 Å². The molecule has 21 heavy (non-hydrogen) atoms. The first-order chi connectivity index (χ1) is 10.1. The monoisotopic (exact) mass is 405 g/mol. The Hall–Kier alpha value is -1.59. The van der Waals surface area contributed by atoms with Crippen molar-refractivity contribution in [1.82, 2.24) is 10.2 Å². The molecule has 0 atom stereocenters. The van der Waals surface area contributed by atoms with Crippen molar-refractivity contribution in [3.05, 3.63) is 57.0 Å². The molecule has 0 unspecified atom stereocenters. The normalized spacial score (nSPS) is 10.8. The number of halogens is 2. The molecule has 0 fully saturated rings. The van der Waals surface area contributed by atoms with Gasteiger partial charge < -0.3 is 5.73 Å². The molecule has 0 aliphatic heterocycles. The van der Waals surface area contributed by atoms with Gasteiger partial charge in [-0.05, 0) is 30.7 Å². The average molecular weight is 407 g/mol. The number of nitrogen functional groups attached to an aromatic ring is 1. The lowest BCUT2D eigenvalue weighted by atomic mass is 9.99. The predicted octanol–water partition coefficient (Wildman–Crippen LogP) is 5.16. The summed E-state index contributed by atoms with van der Waals surface area (Å²) in [5.41, 5.74) is 11.2. The third-order valence-corrected chi connectivity index (χ3v) is 4.48. The maximum Gasteiger partial charge on any atom is 0.153 e. The second kappa shape index (κ2) is 5.66. The number of aromatic nitrogens is 2. The number of aryl methyl sites for hydroxylation is 1. The molecule has 3 nitrogen and oxygen atoms in total. The van der Waals surface area contributed by atoms with E-state index in [0.717, 1.165) is 31.3 Å². The second-order valence-corrected chi connectivity index (χ2v) is 6.62. The van der Waals surface area contributed by atoms with Crippen LogP contribution in [0.15, 0.2) is 51.4 Å². The van der Waals surface area contributed by atoms with Crippen LogP contribution in [0, 0.1) is 6.92 Å². The molecule has 0 spiro atoms. The van der Waals surface area contributed by atoms with Crippen LogP contribution in [0.4, 0.5) is 5.82 Å². The summed E-state index contributed by atoms with van der Waals surface area (Å²) in [6, 6.07) is 14.3. The van der Waals surface area contributed by atoms with Gasteiger partial charge in [-0.3, -0.25) is 5.10 Å². The molecule has 3 N–H and O–H groups in total. The van der Waals surface area contributed by atoms with Gasteiger partial charge in [0.2, 0.25) is 0 Å². The number of benzene rings is 2. The van der Waals surface area contributed by atoms with Crippen LogP contribution in [0.1, 0.15) is 5.56 Å². The number of nitrogens with zero attached hydrogens (tertiary/aromatic N) is 1. The molecule has 0 radical (unpaired) electrons. The molecular formula is C16H13Br2N3. The van der Waals surface area contributed by atoms with Crippen LogP contribution in [0.3, 0.4) is 0 Å². The molecular weight excluding hydrogens is 394 g/mol. The zero-order valence-electron chi connectivity index (χ0n) is 11.3. The summed E-state index contributed by atoms with van der Waals surface area (Å²) >= 11 is 7.09. The van der Waals surface area contributed by atoms with E-state index in [0.29, 0.717) is 5.82 Å². The van der Waals surface area contributed by atoms with Gasteiger partial charge in [0.1, 0.15) is 0 Å². The van der Waals surface area contributed by atoms with Crippen molar-refractivity contribution in [2.75, 3.05) is 5.73 Å². The van der Waals surface area contributed by atoms with Crippen molar-refractivity contribution < 1.29 is 0 Å². The first kappa shape index (κ1) is 14.4. The average Bonchev–Trinajstić information content (AvgIpc) is 2.83. The minimum atomic E-state index is 0.502. The summed E-state index contributed by atoms with van der Waals surface area (Å²) < 4.78 is 1.99. The highest BCUT2D eigenvalue weighted by atomic mass is 79.9. The van der Waals surface area contributed by atoms with Gasteiger partial charge >= 0.3 is 0 Å². The summed E-state index contributed by atoms with van der Waals surface area (Å²) in [5.74, 6) is 0.502. The van der Waals surface area contributed by atoms with E-state index in [1.54, 1.807) is 0 Å². The Morgan fingerprint density at radius 3 is 2.67 bits per heavy atom. The van der Waals surface area contributed by atoms with Gasteiger partial charge in [-0.25, -0.2) is 0 Å². The first-order valence-electron chi connectivity index (χ1n) is 6.42. The molecule has 106 valence electrons. The van der Waals surface area contributed by atoms with Gasteiger partial charge in [-0.15, -0.1) is 0 Å². The van der Waals surface area contributed by atoms with Gasteiger partial charge in [0.05, 0.1) is 11.3 Å². The van der Waals surface area contributed by atoms with E-state index in [1.807, 2.05) is 30.3 Å². The summed E-state index contributed by atoms with van der Waals surface area (Å²) in [6.07, 6.45) is 0. The van der Waals surface area contributed by atoms with Crippen molar-refractivity contribution in [2.24, 2.45) is 0 Å². The fourth-order valence-electron chi connectivity index (χ4n) is 2.33. The lowest BCUT2D eigenvalue weighted by Gasteiger charge is -2.08. The number of hydrogen-bond donors (Lipinski definition) is 2. The van der Waals surface area contributed by atoms with Crippen molar-refractivity contribution in [3.8, 4) is 22.4 Å². The predicted molar refractivity (Wildman–Crippen MR) is 94.0 cm³/mol. The Labute approximate surface area is 139 Å². The molecule has 0 amide bonds. The maximum absolute atomic E-state index is 6.08. The van der Waals surface area contributed by atoms with E-state index in [2.05, 4.69) is 61.1 Å². The number of anilines is 1. The smallest absolute Gasteiger partial charge is 0.153 e. The van der Waals surface area contributed by atoms with Gasteiger partial charge in [0.15, 0.2) is 5.82 Å². The minimum Gasteiger partial charge on any atom is -0.382 e. The first-order valence-corrected chi connectivity index (χ1v) is 8.01. The van der Waals surface area contributed by atoms with Gasteiger partial charge in [0, 0.05) is 14.5 Å². The van der Waals surface area contributed by atoms with Crippen LogP contribution in [0.25, 0.3) is 22.4 Å². The largest absolute Gasteiger partial charge is 0.382 e. The standard InChI is InChI=1S/C16H13Br2N3/c1-9-3-2-4-10(7-9)14-15(20-21-16(14)19)12-8-11(17)5-6-13(12)18/h2-8H,1H3,(H3,19,20,21). The molecule has 0 aliphatic rings. The topological polar surface area (TPSA) is 54.7 Å². The number of aromatic amines is 1. The lowest BCUT2D eigenvalue weighted by Crippen LogP contribution is -1.90. The van der Waals surface area contributed by atoms with Crippen LogP contribution in [0.2, 0.25) is 0 Å². The van der Waals surface area contributed by atoms with Crippen LogP contribution >= 0.6 is 31.9 Å². The minimum absolute atomic E-state index is 0.502. The maximum atomic E-state index is 6.08. The van der Waals surface area contributed by atoms with Crippen LogP contribution in [0.5, 0.6) is 0 Å². The Morgan fingerprint density at radius 2 is 1.90 bits per heavy atom. The van der Waals surface area contributed by atoms with Crippen molar-refractivity contribution in [3.63, 3.8) is 0 Å². The number of rotatable bonds is 2. The van der Waals surface area contributed by atoms with E-state index >= 15 is 0 Å². The molecule has 3 rings (SSSR count). The highest BCUT2D eigenvalue weighted by Gasteiger charge is 2.17. The van der Waals surface area contributed by atoms with Crippen LogP contribution in [-0.2, 0) is 0 Å². The molecule has 1 heterocycles. The Kier molecular flexibility index (Phi) is 3.87.